The zero-order valence-electron chi connectivity index (χ0n) is 20.0. The van der Waals surface area contributed by atoms with E-state index >= 15 is 0 Å². The lowest BCUT2D eigenvalue weighted by atomic mass is 9.91. The molecule has 7 nitrogen and oxygen atoms in total. The summed E-state index contributed by atoms with van der Waals surface area (Å²) in [7, 11) is 0. The third-order valence-electron chi connectivity index (χ3n) is 6.70. The highest BCUT2D eigenvalue weighted by Gasteiger charge is 2.26. The van der Waals surface area contributed by atoms with Crippen LogP contribution in [0.5, 0.6) is 0 Å². The predicted octanol–water partition coefficient (Wildman–Crippen LogP) is 5.71. The van der Waals surface area contributed by atoms with Crippen LogP contribution in [0.4, 0.5) is 14.6 Å². The van der Waals surface area contributed by atoms with Crippen molar-refractivity contribution in [1.29, 1.82) is 0 Å². The standard InChI is InChI=1S/C28H24F2N6O/c29-22-11-5-4-9-21(22)18-36-26(24-12-14-37-34-24)15-25(33-36)27-31-16-23(30)28(32-27)35-13-6-10-20(17-35)19-7-2-1-3-8-19/h1-5,7-9,11-12,14-16,20H,6,10,13,17-18H2/t20-/m0/s1. The van der Waals surface area contributed by atoms with Crippen molar-refractivity contribution in [3.63, 3.8) is 0 Å². The summed E-state index contributed by atoms with van der Waals surface area (Å²) in [5, 5.41) is 8.68. The molecule has 0 radical (unpaired) electrons. The van der Waals surface area contributed by atoms with Crippen molar-refractivity contribution in [2.24, 2.45) is 0 Å². The maximum atomic E-state index is 15.0. The Balaban J connectivity index is 1.34. The lowest BCUT2D eigenvalue weighted by molar-refractivity contribution is 0.421. The molecule has 1 atom stereocenters. The molecule has 1 aliphatic heterocycles. The second-order valence-corrected chi connectivity index (χ2v) is 9.11. The van der Waals surface area contributed by atoms with Gasteiger partial charge in [0.25, 0.3) is 0 Å². The number of nitrogens with zero attached hydrogens (tertiary/aromatic N) is 6. The van der Waals surface area contributed by atoms with Gasteiger partial charge in [-0.2, -0.15) is 5.10 Å². The quantitative estimate of drug-likeness (QED) is 0.299. The summed E-state index contributed by atoms with van der Waals surface area (Å²) in [6, 6.07) is 20.3. The predicted molar refractivity (Wildman–Crippen MR) is 135 cm³/mol. The van der Waals surface area contributed by atoms with Crippen LogP contribution >= 0.6 is 0 Å². The SMILES string of the molecule is Fc1ccccc1Cn1nc(-c2ncc(F)c(N3CCC[C@H](c4ccccc4)C3)n2)cc1-c1ccon1. The van der Waals surface area contributed by atoms with E-state index in [9.17, 15) is 8.78 Å². The molecule has 0 amide bonds. The van der Waals surface area contributed by atoms with E-state index in [0.717, 1.165) is 12.8 Å². The van der Waals surface area contributed by atoms with Gasteiger partial charge in [0.15, 0.2) is 17.5 Å². The van der Waals surface area contributed by atoms with E-state index in [1.54, 1.807) is 35.0 Å². The van der Waals surface area contributed by atoms with Crippen molar-refractivity contribution in [2.45, 2.75) is 25.3 Å². The zero-order chi connectivity index (χ0) is 25.2. The van der Waals surface area contributed by atoms with Crippen LogP contribution in [0.15, 0.2) is 83.7 Å². The van der Waals surface area contributed by atoms with Crippen LogP contribution in [-0.4, -0.2) is 38.0 Å². The minimum absolute atomic E-state index is 0.174. The number of aromatic nitrogens is 5. The fraction of sp³-hybridized carbons (Fsp3) is 0.214. The maximum absolute atomic E-state index is 15.0. The third kappa shape index (κ3) is 4.72. The Morgan fingerprint density at radius 1 is 0.946 bits per heavy atom. The van der Waals surface area contributed by atoms with Gasteiger partial charge >= 0.3 is 0 Å². The van der Waals surface area contributed by atoms with Gasteiger partial charge in [0.05, 0.1) is 18.4 Å². The van der Waals surface area contributed by atoms with Crippen LogP contribution in [0, 0.1) is 11.6 Å². The van der Waals surface area contributed by atoms with Gasteiger partial charge in [-0.3, -0.25) is 4.68 Å². The highest BCUT2D eigenvalue weighted by Crippen LogP contribution is 2.32. The molecule has 5 aromatic rings. The van der Waals surface area contributed by atoms with Gasteiger partial charge in [0, 0.05) is 30.6 Å². The Labute approximate surface area is 212 Å². The molecule has 4 heterocycles. The number of hydrogen-bond donors (Lipinski definition) is 0. The molecule has 0 spiro atoms. The first-order valence-electron chi connectivity index (χ1n) is 12.2. The summed E-state index contributed by atoms with van der Waals surface area (Å²) in [5.74, 6) is 0.0445. The van der Waals surface area contributed by atoms with E-state index in [-0.39, 0.29) is 24.0 Å². The molecule has 37 heavy (non-hydrogen) atoms. The van der Waals surface area contributed by atoms with Gasteiger partial charge in [-0.1, -0.05) is 53.7 Å². The molecule has 0 unspecified atom stereocenters. The summed E-state index contributed by atoms with van der Waals surface area (Å²) in [5.41, 5.74) is 3.31. The smallest absolute Gasteiger partial charge is 0.183 e. The van der Waals surface area contributed by atoms with Crippen molar-refractivity contribution in [2.75, 3.05) is 18.0 Å². The topological polar surface area (TPSA) is 72.9 Å². The molecular formula is C28H24F2N6O. The number of rotatable bonds is 6. The fourth-order valence-electron chi connectivity index (χ4n) is 4.86. The molecule has 0 saturated carbocycles. The van der Waals surface area contributed by atoms with Gasteiger partial charge in [-0.05, 0) is 30.5 Å². The van der Waals surface area contributed by atoms with E-state index in [4.69, 9.17) is 4.52 Å². The summed E-state index contributed by atoms with van der Waals surface area (Å²) < 4.78 is 36.0. The molecule has 2 aromatic carbocycles. The number of piperidine rings is 1. The monoisotopic (exact) mass is 498 g/mol. The molecule has 1 aliphatic rings. The average Bonchev–Trinajstić information content (AvgIpc) is 3.61. The molecule has 186 valence electrons. The first-order chi connectivity index (χ1) is 18.2. The van der Waals surface area contributed by atoms with Gasteiger partial charge < -0.3 is 9.42 Å². The summed E-state index contributed by atoms with van der Waals surface area (Å²) >= 11 is 0. The second kappa shape index (κ2) is 9.93. The van der Waals surface area contributed by atoms with Crippen molar-refractivity contribution in [3.8, 4) is 22.9 Å². The first kappa shape index (κ1) is 23.0. The number of benzene rings is 2. The highest BCUT2D eigenvalue weighted by molar-refractivity contribution is 5.63. The van der Waals surface area contributed by atoms with Gasteiger partial charge in [-0.25, -0.2) is 18.7 Å². The number of anilines is 1. The molecule has 3 aromatic heterocycles. The van der Waals surface area contributed by atoms with Crippen molar-refractivity contribution in [1.82, 2.24) is 24.9 Å². The number of halogens is 2. The van der Waals surface area contributed by atoms with Crippen molar-refractivity contribution in [3.05, 3.63) is 102 Å². The molecule has 9 heteroatoms. The molecule has 0 N–H and O–H groups in total. The zero-order valence-corrected chi connectivity index (χ0v) is 20.0. The average molecular weight is 499 g/mol. The van der Waals surface area contributed by atoms with Crippen LogP contribution in [0.25, 0.3) is 22.9 Å². The fourth-order valence-corrected chi connectivity index (χ4v) is 4.86. The number of hydrogen-bond acceptors (Lipinski definition) is 6. The Morgan fingerprint density at radius 2 is 1.78 bits per heavy atom. The molecule has 1 saturated heterocycles. The van der Waals surface area contributed by atoms with Crippen LogP contribution < -0.4 is 4.90 Å². The summed E-state index contributed by atoms with van der Waals surface area (Å²) in [4.78, 5) is 10.8. The molecule has 6 rings (SSSR count). The van der Waals surface area contributed by atoms with Crippen molar-refractivity contribution < 1.29 is 13.3 Å². The van der Waals surface area contributed by atoms with Crippen molar-refractivity contribution >= 4 is 5.82 Å². The van der Waals surface area contributed by atoms with Gasteiger partial charge in [0.1, 0.15) is 23.5 Å². The van der Waals surface area contributed by atoms with Gasteiger partial charge in [0.2, 0.25) is 0 Å². The summed E-state index contributed by atoms with van der Waals surface area (Å²) in [6.45, 7) is 1.56. The molecule has 0 aliphatic carbocycles. The van der Waals surface area contributed by atoms with E-state index in [0.29, 0.717) is 41.7 Å². The Kier molecular flexibility index (Phi) is 6.18. The molecular weight excluding hydrogens is 474 g/mol. The first-order valence-corrected chi connectivity index (χ1v) is 12.2. The molecule has 1 fully saturated rings. The molecule has 0 bridgehead atoms. The third-order valence-corrected chi connectivity index (χ3v) is 6.70. The summed E-state index contributed by atoms with van der Waals surface area (Å²) in [6.07, 6.45) is 4.63. The van der Waals surface area contributed by atoms with Crippen LogP contribution in [-0.2, 0) is 6.54 Å². The van der Waals surface area contributed by atoms with Crippen LogP contribution in [0.1, 0.15) is 29.9 Å². The Hall–Kier alpha value is -4.40. The van der Waals surface area contributed by atoms with E-state index in [1.165, 1.54) is 24.1 Å². The Morgan fingerprint density at radius 3 is 2.59 bits per heavy atom. The van der Waals surface area contributed by atoms with Crippen LogP contribution in [0.2, 0.25) is 0 Å². The Bertz CT molecular complexity index is 1500. The maximum Gasteiger partial charge on any atom is 0.183 e. The van der Waals surface area contributed by atoms with E-state index in [2.05, 4.69) is 32.4 Å². The lowest BCUT2D eigenvalue weighted by Crippen LogP contribution is -2.35. The minimum atomic E-state index is -0.472. The van der Waals surface area contributed by atoms with E-state index in [1.807, 2.05) is 23.1 Å². The normalized spacial score (nSPS) is 15.7. The lowest BCUT2D eigenvalue weighted by Gasteiger charge is -2.34. The van der Waals surface area contributed by atoms with Gasteiger partial charge in [-0.15, -0.1) is 0 Å². The second-order valence-electron chi connectivity index (χ2n) is 9.11. The largest absolute Gasteiger partial charge is 0.364 e. The minimum Gasteiger partial charge on any atom is -0.364 e. The highest BCUT2D eigenvalue weighted by atomic mass is 19.1. The van der Waals surface area contributed by atoms with Crippen LogP contribution in [0.3, 0.4) is 0 Å². The van der Waals surface area contributed by atoms with E-state index < -0.39 is 5.82 Å².